The average molecular weight is 410 g/mol. The number of rotatable bonds is 8. The van der Waals surface area contributed by atoms with E-state index in [-0.39, 0.29) is 0 Å². The molecule has 160 valence electrons. The second kappa shape index (κ2) is 9.40. The van der Waals surface area contributed by atoms with Gasteiger partial charge in [0.2, 0.25) is 0 Å². The van der Waals surface area contributed by atoms with Crippen molar-refractivity contribution in [2.24, 2.45) is 0 Å². The van der Waals surface area contributed by atoms with Gasteiger partial charge in [0.15, 0.2) is 11.5 Å². The Morgan fingerprint density at radius 1 is 1.13 bits per heavy atom. The van der Waals surface area contributed by atoms with Crippen LogP contribution < -0.4 is 10.5 Å². The highest BCUT2D eigenvalue weighted by Crippen LogP contribution is 2.18. The van der Waals surface area contributed by atoms with Gasteiger partial charge in [0, 0.05) is 39.1 Å². The summed E-state index contributed by atoms with van der Waals surface area (Å²) in [7, 11) is 2.18. The van der Waals surface area contributed by atoms with Gasteiger partial charge in [-0.3, -0.25) is 4.90 Å². The minimum absolute atomic E-state index is 0.302. The van der Waals surface area contributed by atoms with Crippen molar-refractivity contribution in [2.75, 3.05) is 45.6 Å². The number of aromatic nitrogens is 4. The predicted molar refractivity (Wildman–Crippen MR) is 118 cm³/mol. The quantitative estimate of drug-likeness (QED) is 0.571. The van der Waals surface area contributed by atoms with Gasteiger partial charge < -0.3 is 15.4 Å². The van der Waals surface area contributed by atoms with Crippen LogP contribution in [0.15, 0.2) is 30.5 Å². The maximum atomic E-state index is 6.08. The van der Waals surface area contributed by atoms with Crippen LogP contribution in [0.1, 0.15) is 36.6 Å². The first-order valence-electron chi connectivity index (χ1n) is 10.7. The van der Waals surface area contributed by atoms with Crippen LogP contribution in [0, 0.1) is 0 Å². The molecule has 8 nitrogen and oxygen atoms in total. The number of hydrogen-bond acceptors (Lipinski definition) is 7. The molecule has 0 radical (unpaired) electrons. The van der Waals surface area contributed by atoms with Crippen molar-refractivity contribution in [1.29, 1.82) is 0 Å². The molecule has 2 aromatic heterocycles. The average Bonchev–Trinajstić information content (AvgIpc) is 3.13. The van der Waals surface area contributed by atoms with Crippen LogP contribution in [0.4, 0.5) is 5.82 Å². The van der Waals surface area contributed by atoms with Gasteiger partial charge in [-0.1, -0.05) is 37.6 Å². The molecule has 3 aromatic rings. The summed E-state index contributed by atoms with van der Waals surface area (Å²) in [6.45, 7) is 8.18. The lowest BCUT2D eigenvalue weighted by molar-refractivity contribution is 0.148. The number of anilines is 1. The Bertz CT molecular complexity index is 979. The van der Waals surface area contributed by atoms with E-state index < -0.39 is 0 Å². The third-order valence-electron chi connectivity index (χ3n) is 5.55. The van der Waals surface area contributed by atoms with Crippen molar-refractivity contribution in [3.8, 4) is 6.01 Å². The Hall–Kier alpha value is -2.71. The molecule has 1 fully saturated rings. The summed E-state index contributed by atoms with van der Waals surface area (Å²) in [5, 5.41) is 4.52. The highest BCUT2D eigenvalue weighted by atomic mass is 16.5. The molecule has 2 N–H and O–H groups in total. The minimum Gasteiger partial charge on any atom is -0.462 e. The van der Waals surface area contributed by atoms with Gasteiger partial charge in [0.05, 0.1) is 18.5 Å². The van der Waals surface area contributed by atoms with Crippen LogP contribution in [0.25, 0.3) is 5.65 Å². The highest BCUT2D eigenvalue weighted by Gasteiger charge is 2.15. The monoisotopic (exact) mass is 409 g/mol. The second-order valence-corrected chi connectivity index (χ2v) is 8.04. The Balaban J connectivity index is 1.49. The number of likely N-dealkylation sites (N-methyl/N-ethyl adjacent to an activating group) is 1. The highest BCUT2D eigenvalue weighted by molar-refractivity contribution is 5.59. The molecule has 1 aliphatic rings. The molecule has 8 heteroatoms. The van der Waals surface area contributed by atoms with E-state index >= 15 is 0 Å². The van der Waals surface area contributed by atoms with E-state index in [0.717, 1.165) is 57.7 Å². The normalized spacial score (nSPS) is 15.7. The smallest absolute Gasteiger partial charge is 0.336 e. The number of piperazine rings is 1. The zero-order chi connectivity index (χ0) is 20.9. The predicted octanol–water partition coefficient (Wildman–Crippen LogP) is 2.22. The number of fused-ring (bicyclic) bond motifs is 1. The Morgan fingerprint density at radius 2 is 1.93 bits per heavy atom. The lowest BCUT2D eigenvalue weighted by Crippen LogP contribution is -2.43. The third kappa shape index (κ3) is 4.88. The molecule has 0 spiro atoms. The van der Waals surface area contributed by atoms with Gasteiger partial charge in [-0.2, -0.15) is 4.98 Å². The summed E-state index contributed by atoms with van der Waals surface area (Å²) >= 11 is 0. The van der Waals surface area contributed by atoms with E-state index in [9.17, 15) is 0 Å². The number of benzene rings is 1. The molecular weight excluding hydrogens is 378 g/mol. The first-order chi connectivity index (χ1) is 14.6. The zero-order valence-corrected chi connectivity index (χ0v) is 17.9. The fraction of sp³-hybridized carbons (Fsp3) is 0.500. The SMILES string of the molecule is CCCCOc1nc(N)c2ncc(Cc3cccc(CN4CCN(C)CC4)c3)n2n1. The van der Waals surface area contributed by atoms with Crippen molar-refractivity contribution in [2.45, 2.75) is 32.7 Å². The van der Waals surface area contributed by atoms with Crippen molar-refractivity contribution in [3.63, 3.8) is 0 Å². The van der Waals surface area contributed by atoms with E-state index in [0.29, 0.717) is 24.1 Å². The lowest BCUT2D eigenvalue weighted by Gasteiger charge is -2.32. The van der Waals surface area contributed by atoms with Crippen LogP contribution in [-0.4, -0.2) is 69.2 Å². The van der Waals surface area contributed by atoms with Gasteiger partial charge >= 0.3 is 6.01 Å². The molecule has 0 aliphatic carbocycles. The van der Waals surface area contributed by atoms with Crippen molar-refractivity contribution >= 4 is 11.5 Å². The fourth-order valence-corrected chi connectivity index (χ4v) is 3.73. The molecule has 0 unspecified atom stereocenters. The Morgan fingerprint density at radius 3 is 2.73 bits per heavy atom. The van der Waals surface area contributed by atoms with Gasteiger partial charge in [-0.25, -0.2) is 9.50 Å². The summed E-state index contributed by atoms with van der Waals surface area (Å²) in [4.78, 5) is 13.5. The maximum Gasteiger partial charge on any atom is 0.336 e. The topological polar surface area (TPSA) is 84.8 Å². The molecular formula is C22H31N7O. The molecule has 1 saturated heterocycles. The van der Waals surface area contributed by atoms with Crippen LogP contribution >= 0.6 is 0 Å². The van der Waals surface area contributed by atoms with E-state index in [2.05, 4.69) is 63.1 Å². The molecule has 1 aromatic carbocycles. The zero-order valence-electron chi connectivity index (χ0n) is 17.9. The first kappa shape index (κ1) is 20.6. The summed E-state index contributed by atoms with van der Waals surface area (Å²) in [6, 6.07) is 9.07. The number of nitrogen functional groups attached to an aromatic ring is 1. The van der Waals surface area contributed by atoms with Crippen molar-refractivity contribution < 1.29 is 4.74 Å². The van der Waals surface area contributed by atoms with E-state index in [4.69, 9.17) is 10.5 Å². The van der Waals surface area contributed by atoms with Crippen LogP contribution in [0.3, 0.4) is 0 Å². The summed E-state index contributed by atoms with van der Waals surface area (Å²) < 4.78 is 7.42. The number of nitrogens with zero attached hydrogens (tertiary/aromatic N) is 6. The van der Waals surface area contributed by atoms with E-state index in [1.165, 1.54) is 11.1 Å². The van der Waals surface area contributed by atoms with Gasteiger partial charge in [0.25, 0.3) is 0 Å². The third-order valence-corrected chi connectivity index (χ3v) is 5.55. The first-order valence-corrected chi connectivity index (χ1v) is 10.7. The number of unbranched alkanes of at least 4 members (excludes halogenated alkanes) is 1. The van der Waals surface area contributed by atoms with Crippen molar-refractivity contribution in [3.05, 3.63) is 47.3 Å². The standard InChI is InChI=1S/C22H31N7O/c1-3-4-12-30-22-25-20(23)21-24-15-19(29(21)26-22)14-17-6-5-7-18(13-17)16-28-10-8-27(2)9-11-28/h5-7,13,15H,3-4,8-12,14,16H2,1-2H3,(H2,23,25,26). The Kier molecular flexibility index (Phi) is 6.44. The molecule has 0 saturated carbocycles. The van der Waals surface area contributed by atoms with Gasteiger partial charge in [-0.15, -0.1) is 5.10 Å². The van der Waals surface area contributed by atoms with Crippen LogP contribution in [0.5, 0.6) is 6.01 Å². The van der Waals surface area contributed by atoms with Crippen LogP contribution in [0.2, 0.25) is 0 Å². The summed E-state index contributed by atoms with van der Waals surface area (Å²) in [5.74, 6) is 0.339. The molecule has 0 bridgehead atoms. The molecule has 4 rings (SSSR count). The lowest BCUT2D eigenvalue weighted by atomic mass is 10.1. The Labute approximate surface area is 177 Å². The van der Waals surface area contributed by atoms with Crippen LogP contribution in [-0.2, 0) is 13.0 Å². The molecule has 0 atom stereocenters. The number of ether oxygens (including phenoxy) is 1. The number of nitrogens with two attached hydrogens (primary N) is 1. The summed E-state index contributed by atoms with van der Waals surface area (Å²) in [5.41, 5.74) is 10.2. The molecule has 1 aliphatic heterocycles. The van der Waals surface area contributed by atoms with Gasteiger partial charge in [0.1, 0.15) is 0 Å². The van der Waals surface area contributed by atoms with E-state index in [1.54, 1.807) is 4.52 Å². The molecule has 30 heavy (non-hydrogen) atoms. The maximum absolute atomic E-state index is 6.08. The fourth-order valence-electron chi connectivity index (χ4n) is 3.73. The van der Waals surface area contributed by atoms with Gasteiger partial charge in [-0.05, 0) is 24.6 Å². The number of hydrogen-bond donors (Lipinski definition) is 1. The molecule has 3 heterocycles. The largest absolute Gasteiger partial charge is 0.462 e. The van der Waals surface area contributed by atoms with Crippen molar-refractivity contribution in [1.82, 2.24) is 29.4 Å². The molecule has 0 amide bonds. The summed E-state index contributed by atoms with van der Waals surface area (Å²) in [6.07, 6.45) is 4.56. The second-order valence-electron chi connectivity index (χ2n) is 8.04. The minimum atomic E-state index is 0.302. The van der Waals surface area contributed by atoms with E-state index in [1.807, 2.05) is 6.20 Å². The number of imidazole rings is 1.